The van der Waals surface area contributed by atoms with Crippen LogP contribution in [0.5, 0.6) is 0 Å². The lowest BCUT2D eigenvalue weighted by molar-refractivity contribution is 0.0927. The molecule has 0 spiro atoms. The van der Waals surface area contributed by atoms with Crippen LogP contribution in [0.3, 0.4) is 0 Å². The smallest absolute Gasteiger partial charge is 0.0918 e. The number of nitrogens with zero attached hydrogens (tertiary/aromatic N) is 3. The first-order valence-electron chi connectivity index (χ1n) is 10.6. The minimum absolute atomic E-state index is 0.380. The highest BCUT2D eigenvalue weighted by molar-refractivity contribution is 5.85. The molecule has 0 N–H and O–H groups in total. The number of nitriles is 1. The van der Waals surface area contributed by atoms with Crippen molar-refractivity contribution in [3.63, 3.8) is 0 Å². The molecule has 3 nitrogen and oxygen atoms in total. The van der Waals surface area contributed by atoms with Crippen LogP contribution < -0.4 is 0 Å². The van der Waals surface area contributed by atoms with Gasteiger partial charge in [0.1, 0.15) is 0 Å². The van der Waals surface area contributed by atoms with E-state index in [2.05, 4.69) is 64.4 Å². The van der Waals surface area contributed by atoms with Gasteiger partial charge in [0.2, 0.25) is 0 Å². The van der Waals surface area contributed by atoms with E-state index in [0.717, 1.165) is 31.0 Å². The van der Waals surface area contributed by atoms with E-state index in [1.807, 2.05) is 0 Å². The van der Waals surface area contributed by atoms with Gasteiger partial charge in [-0.05, 0) is 53.0 Å². The van der Waals surface area contributed by atoms with Gasteiger partial charge in [-0.2, -0.15) is 5.26 Å². The first kappa shape index (κ1) is 17.7. The molecule has 2 aliphatic carbocycles. The Hall–Kier alpha value is -2.41. The second kappa shape index (κ2) is 7.54. The van der Waals surface area contributed by atoms with Gasteiger partial charge in [-0.3, -0.25) is 4.90 Å². The van der Waals surface area contributed by atoms with E-state index in [9.17, 15) is 5.26 Å². The minimum atomic E-state index is 0.380. The van der Waals surface area contributed by atoms with Crippen molar-refractivity contribution in [1.82, 2.24) is 9.80 Å². The van der Waals surface area contributed by atoms with Gasteiger partial charge in [-0.15, -0.1) is 0 Å². The summed E-state index contributed by atoms with van der Waals surface area (Å²) in [7, 11) is 0. The van der Waals surface area contributed by atoms with Gasteiger partial charge >= 0.3 is 0 Å². The van der Waals surface area contributed by atoms with E-state index in [1.165, 1.54) is 54.7 Å². The Morgan fingerprint density at radius 1 is 0.929 bits per heavy atom. The molecule has 0 amide bonds. The Morgan fingerprint density at radius 3 is 2.39 bits per heavy atom. The molecule has 2 aromatic rings. The fourth-order valence-electron chi connectivity index (χ4n) is 4.93. The molecule has 0 bridgehead atoms. The molecule has 5 rings (SSSR count). The highest BCUT2D eigenvalue weighted by Gasteiger charge is 2.32. The van der Waals surface area contributed by atoms with Gasteiger partial charge in [-0.25, -0.2) is 0 Å². The maximum Gasteiger partial charge on any atom is 0.0918 e. The number of fused-ring (bicyclic) bond motifs is 2. The molecule has 1 unspecified atom stereocenters. The van der Waals surface area contributed by atoms with Crippen LogP contribution in [-0.4, -0.2) is 42.5 Å². The maximum atomic E-state index is 9.44. The van der Waals surface area contributed by atoms with Gasteiger partial charge in [-0.1, -0.05) is 48.5 Å². The Morgan fingerprint density at radius 2 is 1.64 bits per heavy atom. The van der Waals surface area contributed by atoms with Crippen LogP contribution in [0.4, 0.5) is 0 Å². The first-order chi connectivity index (χ1) is 13.8. The van der Waals surface area contributed by atoms with Gasteiger partial charge in [0.05, 0.1) is 6.07 Å². The zero-order valence-corrected chi connectivity index (χ0v) is 16.3. The van der Waals surface area contributed by atoms with Crippen LogP contribution >= 0.6 is 0 Å². The van der Waals surface area contributed by atoms with Crippen molar-refractivity contribution in [2.75, 3.05) is 32.7 Å². The summed E-state index contributed by atoms with van der Waals surface area (Å²) in [6.07, 6.45) is 5.61. The largest absolute Gasteiger partial charge is 0.301 e. The third kappa shape index (κ3) is 3.39. The molecule has 1 saturated heterocycles. The number of rotatable bonds is 3. The van der Waals surface area contributed by atoms with Crippen LogP contribution in [0.2, 0.25) is 0 Å². The van der Waals surface area contributed by atoms with Crippen LogP contribution in [0.15, 0.2) is 54.6 Å². The van der Waals surface area contributed by atoms with E-state index < -0.39 is 0 Å². The summed E-state index contributed by atoms with van der Waals surface area (Å²) in [5.74, 6) is 0.968. The second-order valence-corrected chi connectivity index (χ2v) is 8.43. The molecule has 1 atom stereocenters. The molecule has 1 heterocycles. The van der Waals surface area contributed by atoms with Crippen LogP contribution in [0.25, 0.3) is 5.57 Å². The standard InChI is InChI=1S/C25H27N3/c26-12-11-23-21-6-2-1-5-20(21)17-25(24-8-4-3-7-22(23)24)28-15-13-27(14-16-28)18-19-9-10-19/h1-8,11,19,25H,9-10,13-18H2/b23-11-. The first-order valence-corrected chi connectivity index (χ1v) is 10.6. The monoisotopic (exact) mass is 369 g/mol. The Labute approximate surface area is 167 Å². The predicted octanol–water partition coefficient (Wildman–Crippen LogP) is 4.27. The molecule has 3 aliphatic rings. The van der Waals surface area contributed by atoms with E-state index >= 15 is 0 Å². The molecule has 0 aromatic heterocycles. The van der Waals surface area contributed by atoms with Crippen molar-refractivity contribution < 1.29 is 0 Å². The number of hydrogen-bond acceptors (Lipinski definition) is 3. The molecular formula is C25H27N3. The zero-order chi connectivity index (χ0) is 18.9. The average Bonchev–Trinajstić information content (AvgIpc) is 3.56. The van der Waals surface area contributed by atoms with Gasteiger partial charge in [0, 0.05) is 44.8 Å². The maximum absolute atomic E-state index is 9.44. The van der Waals surface area contributed by atoms with Gasteiger partial charge in [0.25, 0.3) is 0 Å². The second-order valence-electron chi connectivity index (χ2n) is 8.43. The third-order valence-corrected chi connectivity index (χ3v) is 6.60. The number of hydrogen-bond donors (Lipinski definition) is 0. The number of allylic oxidation sites excluding steroid dienone is 1. The lowest BCUT2D eigenvalue weighted by Gasteiger charge is -2.40. The van der Waals surface area contributed by atoms with Crippen molar-refractivity contribution in [3.05, 3.63) is 76.9 Å². The molecule has 0 radical (unpaired) electrons. The molecular weight excluding hydrogens is 342 g/mol. The average molecular weight is 370 g/mol. The Kier molecular flexibility index (Phi) is 4.76. The molecule has 3 heteroatoms. The van der Waals surface area contributed by atoms with Crippen LogP contribution in [-0.2, 0) is 6.42 Å². The van der Waals surface area contributed by atoms with Crippen molar-refractivity contribution >= 4 is 5.57 Å². The molecule has 28 heavy (non-hydrogen) atoms. The van der Waals surface area contributed by atoms with E-state index in [1.54, 1.807) is 6.08 Å². The summed E-state index contributed by atoms with van der Waals surface area (Å²) < 4.78 is 0. The molecule has 2 aromatic carbocycles. The van der Waals surface area contributed by atoms with Crippen molar-refractivity contribution in [1.29, 1.82) is 5.26 Å². The number of piperazine rings is 1. The highest BCUT2D eigenvalue weighted by atomic mass is 15.3. The van der Waals surface area contributed by atoms with Crippen molar-refractivity contribution in [2.45, 2.75) is 25.3 Å². The summed E-state index contributed by atoms with van der Waals surface area (Å²) in [4.78, 5) is 5.33. The highest BCUT2D eigenvalue weighted by Crippen LogP contribution is 2.40. The Bertz CT molecular complexity index is 927. The fourth-order valence-corrected chi connectivity index (χ4v) is 4.93. The SMILES string of the molecule is N#C/C=C1/c2ccccc2CC(N2CCN(CC3CC3)CC2)c2ccccc21. The van der Waals surface area contributed by atoms with E-state index in [0.29, 0.717) is 6.04 Å². The normalized spacial score (nSPS) is 24.2. The van der Waals surface area contributed by atoms with Crippen LogP contribution in [0.1, 0.15) is 41.1 Å². The molecule has 2 fully saturated rings. The summed E-state index contributed by atoms with van der Waals surface area (Å²) in [5, 5.41) is 9.44. The van der Waals surface area contributed by atoms with Crippen LogP contribution in [0, 0.1) is 17.2 Å². The van der Waals surface area contributed by atoms with Gasteiger partial charge in [0.15, 0.2) is 0 Å². The van der Waals surface area contributed by atoms with Crippen molar-refractivity contribution in [3.8, 4) is 6.07 Å². The fraction of sp³-hybridized carbons (Fsp3) is 0.400. The summed E-state index contributed by atoms with van der Waals surface area (Å²) in [5.41, 5.74) is 6.23. The predicted molar refractivity (Wildman–Crippen MR) is 113 cm³/mol. The minimum Gasteiger partial charge on any atom is -0.301 e. The lowest BCUT2D eigenvalue weighted by Crippen LogP contribution is -2.48. The molecule has 1 aliphatic heterocycles. The molecule has 142 valence electrons. The summed E-state index contributed by atoms with van der Waals surface area (Å²) in [6, 6.07) is 20.0. The lowest BCUT2D eigenvalue weighted by atomic mass is 9.93. The van der Waals surface area contributed by atoms with Crippen molar-refractivity contribution in [2.24, 2.45) is 5.92 Å². The molecule has 1 saturated carbocycles. The third-order valence-electron chi connectivity index (χ3n) is 6.60. The van der Waals surface area contributed by atoms with E-state index in [4.69, 9.17) is 0 Å². The summed E-state index contributed by atoms with van der Waals surface area (Å²) >= 11 is 0. The number of benzene rings is 2. The van der Waals surface area contributed by atoms with Gasteiger partial charge < -0.3 is 4.90 Å². The van der Waals surface area contributed by atoms with E-state index in [-0.39, 0.29) is 0 Å². The zero-order valence-electron chi connectivity index (χ0n) is 16.3. The summed E-state index contributed by atoms with van der Waals surface area (Å²) in [6.45, 7) is 5.92. The Balaban J connectivity index is 1.49. The quantitative estimate of drug-likeness (QED) is 0.757. The topological polar surface area (TPSA) is 30.3 Å².